The Morgan fingerprint density at radius 2 is 0.966 bits per heavy atom. The maximum absolute atomic E-state index is 13.0. The monoisotopic (exact) mass is 880 g/mol. The van der Waals surface area contributed by atoms with Gasteiger partial charge >= 0.3 is 6.15 Å². The van der Waals surface area contributed by atoms with E-state index in [4.69, 9.17) is 70.7 Å². The van der Waals surface area contributed by atoms with Gasteiger partial charge < -0.3 is 23.3 Å². The summed E-state index contributed by atoms with van der Waals surface area (Å²) in [4.78, 5) is 65.8. The Morgan fingerprint density at radius 1 is 0.610 bits per heavy atom. The Hall–Kier alpha value is -5.23. The molecular weight excluding hydrogens is 838 g/mol. The fourth-order valence-corrected chi connectivity index (χ4v) is 6.98. The van der Waals surface area contributed by atoms with Crippen LogP contribution in [-0.2, 0) is 41.6 Å². The van der Waals surface area contributed by atoms with Gasteiger partial charge in [-0.2, -0.15) is 9.59 Å². The Labute approximate surface area is 362 Å². The number of hydrogen-bond donors (Lipinski definition) is 0. The first-order valence-electron chi connectivity index (χ1n) is 18.9. The van der Waals surface area contributed by atoms with Crippen LogP contribution in [0.3, 0.4) is 0 Å². The highest BCUT2D eigenvalue weighted by atomic mass is 35.5. The fourth-order valence-electron chi connectivity index (χ4n) is 6.40. The maximum atomic E-state index is 13.0. The third-order valence-corrected chi connectivity index (χ3v) is 9.92. The molecule has 0 atom stereocenters. The van der Waals surface area contributed by atoms with E-state index in [0.717, 1.165) is 66.2 Å². The quantitative estimate of drug-likeness (QED) is 0.0694. The van der Waals surface area contributed by atoms with E-state index in [2.05, 4.69) is 13.8 Å². The lowest BCUT2D eigenvalue weighted by atomic mass is 10.1. The van der Waals surface area contributed by atoms with Crippen molar-refractivity contribution in [3.63, 3.8) is 0 Å². The smallest absolute Gasteiger partial charge is 0.373 e. The number of aromatic nitrogens is 4. The minimum absolute atomic E-state index is 0.0710. The van der Waals surface area contributed by atoms with Crippen molar-refractivity contribution in [1.29, 1.82) is 0 Å². The molecule has 0 aliphatic rings. The lowest BCUT2D eigenvalue weighted by Crippen LogP contribution is -2.36. The molecule has 0 saturated carbocycles. The van der Waals surface area contributed by atoms with E-state index in [-0.39, 0.29) is 37.4 Å². The van der Waals surface area contributed by atoms with Gasteiger partial charge in [-0.05, 0) is 67.8 Å². The Kier molecular flexibility index (Phi) is 18.4. The maximum Gasteiger partial charge on any atom is 0.373 e. The number of imidazole rings is 2. The van der Waals surface area contributed by atoms with Crippen molar-refractivity contribution in [3.05, 3.63) is 117 Å². The van der Waals surface area contributed by atoms with Gasteiger partial charge in [0.05, 0.1) is 52.2 Å². The van der Waals surface area contributed by atoms with Gasteiger partial charge in [-0.1, -0.05) is 91.4 Å². The number of ether oxygens (including phenoxy) is 1. The summed E-state index contributed by atoms with van der Waals surface area (Å²) in [5.41, 5.74) is 6.35. The summed E-state index contributed by atoms with van der Waals surface area (Å²) < 4.78 is 8.52. The molecule has 2 aromatic carbocycles. The van der Waals surface area contributed by atoms with Gasteiger partial charge in [0.25, 0.3) is 6.47 Å². The lowest BCUT2D eigenvalue weighted by molar-refractivity contribution is -0.191. The molecule has 0 saturated heterocycles. The molecule has 0 aliphatic heterocycles. The highest BCUT2D eigenvalue weighted by Crippen LogP contribution is 2.29. The van der Waals surface area contributed by atoms with Gasteiger partial charge in [0.15, 0.2) is 0 Å². The molecule has 0 spiro atoms. The number of hydrogen-bond acceptors (Lipinski definition) is 8. The first-order chi connectivity index (χ1) is 28.5. The van der Waals surface area contributed by atoms with E-state index in [1.165, 1.54) is 0 Å². The van der Waals surface area contributed by atoms with Gasteiger partial charge in [0, 0.05) is 53.2 Å². The summed E-state index contributed by atoms with van der Waals surface area (Å²) in [6.07, 6.45) is 6.92. The zero-order valence-corrected chi connectivity index (χ0v) is 35.9. The normalized spacial score (nSPS) is 10.6. The molecule has 12 nitrogen and oxygen atoms in total. The predicted octanol–water partition coefficient (Wildman–Crippen LogP) is 9.18. The highest BCUT2D eigenvalue weighted by Gasteiger charge is 2.22. The molecule has 16 heteroatoms. The van der Waals surface area contributed by atoms with Crippen LogP contribution in [0.25, 0.3) is 33.8 Å². The summed E-state index contributed by atoms with van der Waals surface area (Å²) in [5.74, 6) is 0.0361. The highest BCUT2D eigenvalue weighted by molar-refractivity contribution is 6.31. The van der Waals surface area contributed by atoms with Gasteiger partial charge in [-0.25, -0.2) is 9.97 Å². The summed E-state index contributed by atoms with van der Waals surface area (Å²) in [5, 5.41) is 2.45. The molecule has 6 aromatic rings. The van der Waals surface area contributed by atoms with Gasteiger partial charge in [-0.15, -0.1) is 0 Å². The van der Waals surface area contributed by atoms with Crippen LogP contribution in [0.1, 0.15) is 51.4 Å². The second-order valence-corrected chi connectivity index (χ2v) is 14.9. The largest absolute Gasteiger partial charge is 0.466 e. The van der Waals surface area contributed by atoms with Crippen LogP contribution in [0.5, 0.6) is 0 Å². The summed E-state index contributed by atoms with van der Waals surface area (Å²) in [6, 6.07) is 22.1. The summed E-state index contributed by atoms with van der Waals surface area (Å²) in [7, 11) is 0. The summed E-state index contributed by atoms with van der Waals surface area (Å²) >= 11 is 24.4. The Bertz CT molecular complexity index is 2350. The number of rotatable bonds is 16. The number of pyridine rings is 2. The SMILES string of the molecule is CCCN(CCC)C(=O)Cc1c(-c2ccc(Cl)cc2)nc2ccc(Cl)cn12.CCCN(CCOC=O)C(=O)Cc1c(-c2ccc(Cl)cc2)nc2ccc(Cl)cn12.O=C=O. The van der Waals surface area contributed by atoms with Gasteiger partial charge in [0.1, 0.15) is 17.9 Å². The number of benzene rings is 2. The zero-order valence-electron chi connectivity index (χ0n) is 32.9. The van der Waals surface area contributed by atoms with Gasteiger partial charge in [-0.3, -0.25) is 14.4 Å². The van der Waals surface area contributed by atoms with E-state index < -0.39 is 0 Å². The number of carbonyl (C=O) groups excluding carboxylic acids is 5. The molecule has 310 valence electrons. The van der Waals surface area contributed by atoms with E-state index in [1.54, 1.807) is 29.3 Å². The number of nitrogens with zero attached hydrogens (tertiary/aromatic N) is 6. The van der Waals surface area contributed by atoms with Crippen LogP contribution in [0, 0.1) is 0 Å². The van der Waals surface area contributed by atoms with Crippen molar-refractivity contribution in [2.45, 2.75) is 52.9 Å². The van der Waals surface area contributed by atoms with Crippen LogP contribution in [0.4, 0.5) is 0 Å². The number of halogens is 4. The predicted molar refractivity (Wildman–Crippen MR) is 230 cm³/mol. The summed E-state index contributed by atoms with van der Waals surface area (Å²) in [6.45, 7) is 9.17. The molecule has 4 aromatic heterocycles. The third kappa shape index (κ3) is 12.9. The average Bonchev–Trinajstić information content (AvgIpc) is 3.75. The topological polar surface area (TPSA) is 136 Å². The zero-order chi connectivity index (χ0) is 42.9. The standard InChI is InChI=1S/C21H21Cl2N3O3.C21H23Cl2N3O.CO2/c1-2-9-25(10-11-29-14-27)20(28)12-18-21(15-3-5-16(22)6-4-15)24-19-8-7-17(23)13-26(18)19;1-3-11-25(12-4-2)20(27)13-18-21(15-5-7-16(22)8-6-15)24-19-10-9-17(23)14-26(18)19;2-1-3/h3-8,13-14H,2,9-12H2,1H3;5-10,14H,3-4,11-13H2,1-2H3;. The van der Waals surface area contributed by atoms with Crippen LogP contribution in [0.2, 0.25) is 20.1 Å². The third-order valence-electron chi connectivity index (χ3n) is 8.97. The lowest BCUT2D eigenvalue weighted by Gasteiger charge is -2.21. The van der Waals surface area contributed by atoms with Gasteiger partial charge in [0.2, 0.25) is 11.8 Å². The molecule has 59 heavy (non-hydrogen) atoms. The molecule has 2 amide bonds. The van der Waals surface area contributed by atoms with E-state index >= 15 is 0 Å². The van der Waals surface area contributed by atoms with Crippen molar-refractivity contribution in [2.75, 3.05) is 32.8 Å². The number of fused-ring (bicyclic) bond motifs is 2. The minimum Gasteiger partial charge on any atom is -0.466 e. The molecule has 0 bridgehead atoms. The van der Waals surface area contributed by atoms with Crippen LogP contribution in [-0.4, -0.2) is 85.8 Å². The first kappa shape index (κ1) is 46.5. The molecule has 0 unspecified atom stereocenters. The minimum atomic E-state index is -0.0710. The van der Waals surface area contributed by atoms with E-state index in [9.17, 15) is 14.4 Å². The number of amides is 2. The van der Waals surface area contributed by atoms with Crippen molar-refractivity contribution in [3.8, 4) is 22.5 Å². The van der Waals surface area contributed by atoms with Crippen LogP contribution in [0.15, 0.2) is 85.2 Å². The van der Waals surface area contributed by atoms with E-state index in [1.807, 2.05) is 81.4 Å². The molecule has 4 heterocycles. The molecule has 6 rings (SSSR count). The second kappa shape index (κ2) is 23.4. The van der Waals surface area contributed by atoms with Crippen molar-refractivity contribution in [2.24, 2.45) is 0 Å². The van der Waals surface area contributed by atoms with Crippen LogP contribution < -0.4 is 0 Å². The van der Waals surface area contributed by atoms with Crippen LogP contribution >= 0.6 is 46.4 Å². The second-order valence-electron chi connectivity index (χ2n) is 13.1. The fraction of sp³-hybridized carbons (Fsp3) is 0.302. The molecule has 0 aliphatic carbocycles. The first-order valence-corrected chi connectivity index (χ1v) is 20.4. The molecule has 0 fully saturated rings. The Balaban J connectivity index is 0.000000245. The Morgan fingerprint density at radius 3 is 1.32 bits per heavy atom. The average molecular weight is 883 g/mol. The molecule has 0 radical (unpaired) electrons. The molecule has 0 N–H and O–H groups in total. The van der Waals surface area contributed by atoms with Crippen molar-refractivity contribution < 1.29 is 28.7 Å². The number of carbonyl (C=O) groups is 3. The van der Waals surface area contributed by atoms with E-state index in [0.29, 0.717) is 51.0 Å². The van der Waals surface area contributed by atoms with Crippen molar-refractivity contribution >= 4 is 82.1 Å². The molecular formula is C43H44Cl4N6O6. The van der Waals surface area contributed by atoms with Crippen molar-refractivity contribution in [1.82, 2.24) is 28.6 Å².